The zero-order valence-corrected chi connectivity index (χ0v) is 14.8. The summed E-state index contributed by atoms with van der Waals surface area (Å²) < 4.78 is 5.48. The number of aliphatic hydroxyl groups excluding tert-OH is 1. The number of aliphatic hydroxyl groups is 1. The number of hydrogen-bond donors (Lipinski definition) is 1. The molecular weight excluding hydrogens is 326 g/mol. The third-order valence-corrected chi connectivity index (χ3v) is 6.70. The van der Waals surface area contributed by atoms with Gasteiger partial charge in [-0.05, 0) is 37.5 Å². The maximum absolute atomic E-state index is 12.8. The van der Waals surface area contributed by atoms with Gasteiger partial charge in [0.2, 0.25) is 0 Å². The molecule has 0 aromatic carbocycles. The smallest absolute Gasteiger partial charge is 0.265 e. The first-order valence-corrected chi connectivity index (χ1v) is 9.73. The van der Waals surface area contributed by atoms with Crippen molar-refractivity contribution in [2.75, 3.05) is 44.3 Å². The minimum atomic E-state index is -0.284. The molecule has 3 saturated heterocycles. The van der Waals surface area contributed by atoms with Gasteiger partial charge in [-0.1, -0.05) is 11.3 Å². The monoisotopic (exact) mass is 351 g/mol. The molecule has 1 aromatic heterocycles. The van der Waals surface area contributed by atoms with Crippen LogP contribution < -0.4 is 4.90 Å². The van der Waals surface area contributed by atoms with Crippen LogP contribution in [0.15, 0.2) is 6.20 Å². The lowest BCUT2D eigenvalue weighted by Gasteiger charge is -2.33. The molecule has 1 atom stereocenters. The number of carbonyl (C=O) groups is 1. The summed E-state index contributed by atoms with van der Waals surface area (Å²) in [6, 6.07) is 0. The van der Waals surface area contributed by atoms with Crippen molar-refractivity contribution in [1.82, 2.24) is 9.88 Å². The van der Waals surface area contributed by atoms with Gasteiger partial charge in [0.25, 0.3) is 5.91 Å². The third kappa shape index (κ3) is 3.17. The van der Waals surface area contributed by atoms with E-state index in [0.717, 1.165) is 70.1 Å². The maximum Gasteiger partial charge on any atom is 0.265 e. The number of ether oxygens (including phenoxy) is 1. The van der Waals surface area contributed by atoms with Gasteiger partial charge in [0, 0.05) is 39.4 Å². The second-order valence-electron chi connectivity index (χ2n) is 7.34. The molecule has 7 heteroatoms. The lowest BCUT2D eigenvalue weighted by Crippen LogP contribution is -2.38. The van der Waals surface area contributed by atoms with Gasteiger partial charge in [0.05, 0.1) is 12.3 Å². The van der Waals surface area contributed by atoms with Crippen molar-refractivity contribution >= 4 is 22.4 Å². The minimum absolute atomic E-state index is 0.111. The second-order valence-corrected chi connectivity index (χ2v) is 8.35. The van der Waals surface area contributed by atoms with Crippen LogP contribution in [0, 0.1) is 5.41 Å². The number of thiazole rings is 1. The van der Waals surface area contributed by atoms with Gasteiger partial charge in [0.15, 0.2) is 5.13 Å². The van der Waals surface area contributed by atoms with E-state index in [0.29, 0.717) is 11.4 Å². The first kappa shape index (κ1) is 16.3. The molecule has 0 aliphatic carbocycles. The highest BCUT2D eigenvalue weighted by atomic mass is 32.1. The summed E-state index contributed by atoms with van der Waals surface area (Å²) in [4.78, 5) is 22.1. The first-order chi connectivity index (χ1) is 11.7. The van der Waals surface area contributed by atoms with E-state index in [2.05, 4.69) is 9.88 Å². The first-order valence-electron chi connectivity index (χ1n) is 8.91. The molecule has 0 unspecified atom stereocenters. The van der Waals surface area contributed by atoms with E-state index < -0.39 is 0 Å². The van der Waals surface area contributed by atoms with Gasteiger partial charge < -0.3 is 19.6 Å². The minimum Gasteiger partial charge on any atom is -0.391 e. The lowest BCUT2D eigenvalue weighted by molar-refractivity contribution is 0.0191. The second kappa shape index (κ2) is 6.61. The summed E-state index contributed by atoms with van der Waals surface area (Å²) in [6.45, 7) is 4.87. The Bertz CT molecular complexity index is 600. The molecule has 0 saturated carbocycles. The Morgan fingerprint density at radius 1 is 1.33 bits per heavy atom. The highest BCUT2D eigenvalue weighted by molar-refractivity contribution is 7.17. The largest absolute Gasteiger partial charge is 0.391 e. The van der Waals surface area contributed by atoms with Crippen LogP contribution in [-0.2, 0) is 4.74 Å². The van der Waals surface area contributed by atoms with Crippen LogP contribution in [0.25, 0.3) is 0 Å². The van der Waals surface area contributed by atoms with Crippen molar-refractivity contribution in [3.8, 4) is 0 Å². The molecule has 0 bridgehead atoms. The number of carbonyl (C=O) groups excluding carboxylic acids is 1. The number of hydrogen-bond acceptors (Lipinski definition) is 6. The predicted octanol–water partition coefficient (Wildman–Crippen LogP) is 1.75. The normalized spacial score (nSPS) is 27.0. The molecule has 3 aliphatic heterocycles. The Balaban J connectivity index is 1.42. The fraction of sp³-hybridized carbons (Fsp3) is 0.765. The molecule has 0 radical (unpaired) electrons. The molecule has 1 aromatic rings. The summed E-state index contributed by atoms with van der Waals surface area (Å²) in [5, 5.41) is 10.7. The predicted molar refractivity (Wildman–Crippen MR) is 92.6 cm³/mol. The van der Waals surface area contributed by atoms with Crippen molar-refractivity contribution in [2.24, 2.45) is 5.41 Å². The van der Waals surface area contributed by atoms with Crippen molar-refractivity contribution in [3.05, 3.63) is 11.1 Å². The van der Waals surface area contributed by atoms with Gasteiger partial charge >= 0.3 is 0 Å². The van der Waals surface area contributed by atoms with Gasteiger partial charge in [0.1, 0.15) is 4.88 Å². The van der Waals surface area contributed by atoms with E-state index in [1.807, 2.05) is 4.90 Å². The third-order valence-electron chi connectivity index (χ3n) is 5.65. The Hall–Kier alpha value is -1.18. The zero-order valence-electron chi connectivity index (χ0n) is 13.9. The molecule has 4 rings (SSSR count). The number of anilines is 1. The molecule has 1 spiro atoms. The number of rotatable bonds is 2. The van der Waals surface area contributed by atoms with Crippen LogP contribution in [0.2, 0.25) is 0 Å². The molecule has 1 amide bonds. The number of aromatic nitrogens is 1. The number of piperidine rings is 1. The standard InChI is InChI=1S/C17H25N3O3S/c21-13-2-1-6-19(11-13)16-18-10-14(24-16)15(22)20-7-3-17(12-20)4-8-23-9-5-17/h10,13,21H,1-9,11-12H2/t13-/m0/s1. The number of amides is 1. The molecule has 4 heterocycles. The Morgan fingerprint density at radius 3 is 2.96 bits per heavy atom. The van der Waals surface area contributed by atoms with Gasteiger partial charge in [-0.3, -0.25) is 4.79 Å². The van der Waals surface area contributed by atoms with E-state index in [9.17, 15) is 9.90 Å². The highest BCUT2D eigenvalue weighted by Gasteiger charge is 2.41. The average Bonchev–Trinajstić information content (AvgIpc) is 3.23. The Kier molecular flexibility index (Phi) is 4.49. The van der Waals surface area contributed by atoms with E-state index in [4.69, 9.17) is 4.74 Å². The van der Waals surface area contributed by atoms with Gasteiger partial charge in [-0.2, -0.15) is 0 Å². The molecule has 6 nitrogen and oxygen atoms in total. The van der Waals surface area contributed by atoms with Crippen LogP contribution >= 0.6 is 11.3 Å². The van der Waals surface area contributed by atoms with Gasteiger partial charge in [-0.25, -0.2) is 4.98 Å². The molecule has 3 aliphatic rings. The van der Waals surface area contributed by atoms with Crippen molar-refractivity contribution in [2.45, 2.75) is 38.2 Å². The highest BCUT2D eigenvalue weighted by Crippen LogP contribution is 2.40. The lowest BCUT2D eigenvalue weighted by atomic mass is 9.80. The van der Waals surface area contributed by atoms with Crippen LogP contribution in [0.3, 0.4) is 0 Å². The van der Waals surface area contributed by atoms with E-state index in [-0.39, 0.29) is 17.4 Å². The van der Waals surface area contributed by atoms with Crippen molar-refractivity contribution in [3.63, 3.8) is 0 Å². The zero-order chi connectivity index (χ0) is 16.6. The summed E-state index contributed by atoms with van der Waals surface area (Å²) in [7, 11) is 0. The fourth-order valence-corrected chi connectivity index (χ4v) is 5.03. The Labute approximate surface area is 146 Å². The summed E-state index contributed by atoms with van der Waals surface area (Å²) >= 11 is 1.46. The van der Waals surface area contributed by atoms with Crippen molar-refractivity contribution in [1.29, 1.82) is 0 Å². The Morgan fingerprint density at radius 2 is 2.17 bits per heavy atom. The molecule has 24 heavy (non-hydrogen) atoms. The average molecular weight is 351 g/mol. The van der Waals surface area contributed by atoms with E-state index in [1.54, 1.807) is 6.20 Å². The topological polar surface area (TPSA) is 65.9 Å². The quantitative estimate of drug-likeness (QED) is 0.879. The molecular formula is C17H25N3O3S. The van der Waals surface area contributed by atoms with E-state index >= 15 is 0 Å². The molecule has 1 N–H and O–H groups in total. The number of β-amino-alcohol motifs (C(OH)–C–C–N with tert-alkyl or cyclic N) is 1. The number of nitrogens with zero attached hydrogens (tertiary/aromatic N) is 3. The fourth-order valence-electron chi connectivity index (χ4n) is 4.12. The van der Waals surface area contributed by atoms with Crippen molar-refractivity contribution < 1.29 is 14.6 Å². The van der Waals surface area contributed by atoms with Crippen LogP contribution in [-0.4, -0.2) is 66.4 Å². The van der Waals surface area contributed by atoms with Crippen LogP contribution in [0.5, 0.6) is 0 Å². The van der Waals surface area contributed by atoms with Crippen LogP contribution in [0.4, 0.5) is 5.13 Å². The molecule has 3 fully saturated rings. The summed E-state index contributed by atoms with van der Waals surface area (Å²) in [5.74, 6) is 0.111. The summed E-state index contributed by atoms with van der Waals surface area (Å²) in [6.07, 6.45) is 6.47. The maximum atomic E-state index is 12.8. The van der Waals surface area contributed by atoms with Gasteiger partial charge in [-0.15, -0.1) is 0 Å². The van der Waals surface area contributed by atoms with E-state index in [1.165, 1.54) is 11.3 Å². The van der Waals surface area contributed by atoms with Crippen LogP contribution in [0.1, 0.15) is 41.8 Å². The SMILES string of the molecule is O=C(c1cnc(N2CCC[C@H](O)C2)s1)N1CCC2(CCOCC2)C1. The number of likely N-dealkylation sites (tertiary alicyclic amines) is 1. The molecule has 132 valence electrons. The summed E-state index contributed by atoms with van der Waals surface area (Å²) in [5.41, 5.74) is 0.276.